The third kappa shape index (κ3) is 5.76. The minimum Gasteiger partial charge on any atom is -0.335 e. The van der Waals surface area contributed by atoms with Gasteiger partial charge in [-0.05, 0) is 43.5 Å². The molecule has 2 rings (SSSR count). The van der Waals surface area contributed by atoms with Crippen molar-refractivity contribution in [1.82, 2.24) is 10.6 Å². The fraction of sp³-hybridized carbons (Fsp3) is 0.588. The van der Waals surface area contributed by atoms with Crippen molar-refractivity contribution < 1.29 is 4.79 Å². The molecule has 1 aliphatic rings. The molecule has 4 heteroatoms. The summed E-state index contributed by atoms with van der Waals surface area (Å²) >= 11 is 0. The Morgan fingerprint density at radius 3 is 2.52 bits per heavy atom. The van der Waals surface area contributed by atoms with E-state index in [9.17, 15) is 4.79 Å². The number of hydrogen-bond acceptors (Lipinski definition) is 2. The largest absolute Gasteiger partial charge is 0.335 e. The minimum absolute atomic E-state index is 0.0845. The van der Waals surface area contributed by atoms with Crippen LogP contribution >= 0.6 is 0 Å². The molecule has 0 atom stereocenters. The number of hydrogen-bond donors (Lipinski definition) is 3. The summed E-state index contributed by atoms with van der Waals surface area (Å²) in [6, 6.07) is 8.29. The number of amides is 2. The van der Waals surface area contributed by atoms with Gasteiger partial charge in [0.1, 0.15) is 0 Å². The van der Waals surface area contributed by atoms with Crippen LogP contribution in [0.3, 0.4) is 0 Å². The average molecular weight is 289 g/mol. The van der Waals surface area contributed by atoms with Crippen LogP contribution in [0.2, 0.25) is 0 Å². The fourth-order valence-corrected chi connectivity index (χ4v) is 2.71. The van der Waals surface area contributed by atoms with Crippen LogP contribution in [-0.4, -0.2) is 18.6 Å². The van der Waals surface area contributed by atoms with E-state index in [0.717, 1.165) is 38.0 Å². The van der Waals surface area contributed by atoms with Gasteiger partial charge < -0.3 is 16.0 Å². The SMILES string of the molecule is CCCNCc1ccc(NC(=O)NC2CCCCC2)cc1. The third-order valence-electron chi connectivity index (χ3n) is 3.91. The standard InChI is InChI=1S/C17H27N3O/c1-2-12-18-13-14-8-10-16(11-9-14)20-17(21)19-15-6-4-3-5-7-15/h8-11,15,18H,2-7,12-13H2,1H3,(H2,19,20,21). The Bertz CT molecular complexity index is 424. The van der Waals surface area contributed by atoms with Gasteiger partial charge in [-0.25, -0.2) is 4.79 Å². The van der Waals surface area contributed by atoms with E-state index in [-0.39, 0.29) is 6.03 Å². The molecule has 1 aromatic carbocycles. The molecule has 2 amide bonds. The predicted octanol–water partition coefficient (Wildman–Crippen LogP) is 3.64. The summed E-state index contributed by atoms with van der Waals surface area (Å²) in [4.78, 5) is 11.9. The molecule has 3 N–H and O–H groups in total. The molecule has 0 aromatic heterocycles. The molecule has 116 valence electrons. The van der Waals surface area contributed by atoms with Gasteiger partial charge in [0.2, 0.25) is 0 Å². The van der Waals surface area contributed by atoms with Crippen LogP contribution in [0, 0.1) is 0 Å². The molecule has 0 bridgehead atoms. The van der Waals surface area contributed by atoms with Crippen molar-refractivity contribution in [3.8, 4) is 0 Å². The van der Waals surface area contributed by atoms with Crippen molar-refractivity contribution >= 4 is 11.7 Å². The Kier molecular flexibility index (Phi) is 6.54. The van der Waals surface area contributed by atoms with E-state index in [1.54, 1.807) is 0 Å². The maximum absolute atomic E-state index is 11.9. The van der Waals surface area contributed by atoms with E-state index in [1.807, 2.05) is 12.1 Å². The van der Waals surface area contributed by atoms with Gasteiger partial charge in [-0.15, -0.1) is 0 Å². The summed E-state index contributed by atoms with van der Waals surface area (Å²) in [7, 11) is 0. The van der Waals surface area contributed by atoms with Gasteiger partial charge in [-0.3, -0.25) is 0 Å². The number of rotatable bonds is 6. The van der Waals surface area contributed by atoms with Gasteiger partial charge >= 0.3 is 6.03 Å². The van der Waals surface area contributed by atoms with E-state index < -0.39 is 0 Å². The first-order valence-electron chi connectivity index (χ1n) is 8.15. The quantitative estimate of drug-likeness (QED) is 0.700. The van der Waals surface area contributed by atoms with E-state index in [1.165, 1.54) is 24.8 Å². The average Bonchev–Trinajstić information content (AvgIpc) is 2.50. The van der Waals surface area contributed by atoms with Gasteiger partial charge in [0.25, 0.3) is 0 Å². The maximum Gasteiger partial charge on any atom is 0.319 e. The van der Waals surface area contributed by atoms with Gasteiger partial charge in [-0.1, -0.05) is 38.3 Å². The summed E-state index contributed by atoms with van der Waals surface area (Å²) in [5.74, 6) is 0. The molecule has 1 aromatic rings. The van der Waals surface area contributed by atoms with Gasteiger partial charge in [0.15, 0.2) is 0 Å². The molecular formula is C17H27N3O. The van der Waals surface area contributed by atoms with Crippen molar-refractivity contribution in [3.05, 3.63) is 29.8 Å². The molecule has 0 heterocycles. The normalized spacial score (nSPS) is 15.7. The summed E-state index contributed by atoms with van der Waals surface area (Å²) < 4.78 is 0. The molecule has 4 nitrogen and oxygen atoms in total. The second kappa shape index (κ2) is 8.67. The van der Waals surface area contributed by atoms with Gasteiger partial charge in [-0.2, -0.15) is 0 Å². The minimum atomic E-state index is -0.0845. The van der Waals surface area contributed by atoms with Crippen molar-refractivity contribution in [2.45, 2.75) is 58.0 Å². The van der Waals surface area contributed by atoms with Crippen LogP contribution in [0.1, 0.15) is 51.0 Å². The van der Waals surface area contributed by atoms with Crippen molar-refractivity contribution in [3.63, 3.8) is 0 Å². The summed E-state index contributed by atoms with van der Waals surface area (Å²) in [5.41, 5.74) is 2.09. The van der Waals surface area contributed by atoms with Crippen LogP contribution in [0.5, 0.6) is 0 Å². The smallest absolute Gasteiger partial charge is 0.319 e. The number of carbonyl (C=O) groups is 1. The van der Waals surface area contributed by atoms with E-state index in [4.69, 9.17) is 0 Å². The summed E-state index contributed by atoms with van der Waals surface area (Å²) in [6.45, 7) is 4.07. The van der Waals surface area contributed by atoms with E-state index in [0.29, 0.717) is 6.04 Å². The highest BCUT2D eigenvalue weighted by Crippen LogP contribution is 2.17. The molecule has 0 unspecified atom stereocenters. The first kappa shape index (κ1) is 15.8. The number of anilines is 1. The Balaban J connectivity index is 1.75. The van der Waals surface area contributed by atoms with Crippen LogP contribution in [-0.2, 0) is 6.54 Å². The highest BCUT2D eigenvalue weighted by molar-refractivity contribution is 5.89. The lowest BCUT2D eigenvalue weighted by atomic mass is 9.96. The molecule has 0 aliphatic heterocycles. The number of nitrogens with one attached hydrogen (secondary N) is 3. The molecule has 21 heavy (non-hydrogen) atoms. The summed E-state index contributed by atoms with van der Waals surface area (Å²) in [6.07, 6.45) is 7.11. The zero-order chi connectivity index (χ0) is 14.9. The Hall–Kier alpha value is -1.55. The predicted molar refractivity (Wildman–Crippen MR) is 87.5 cm³/mol. The Morgan fingerprint density at radius 1 is 1.14 bits per heavy atom. The highest BCUT2D eigenvalue weighted by Gasteiger charge is 2.15. The lowest BCUT2D eigenvalue weighted by Crippen LogP contribution is -2.39. The molecule has 1 fully saturated rings. The number of carbonyl (C=O) groups excluding carboxylic acids is 1. The fourth-order valence-electron chi connectivity index (χ4n) is 2.71. The van der Waals surface area contributed by atoms with Crippen LogP contribution < -0.4 is 16.0 Å². The highest BCUT2D eigenvalue weighted by atomic mass is 16.2. The first-order chi connectivity index (χ1) is 10.3. The molecule has 1 aliphatic carbocycles. The second-order valence-electron chi connectivity index (χ2n) is 5.81. The Morgan fingerprint density at radius 2 is 1.86 bits per heavy atom. The molecule has 0 spiro atoms. The van der Waals surface area contributed by atoms with E-state index >= 15 is 0 Å². The molecular weight excluding hydrogens is 262 g/mol. The first-order valence-corrected chi connectivity index (χ1v) is 8.15. The Labute approximate surface area is 127 Å². The van der Waals surface area contributed by atoms with Crippen molar-refractivity contribution in [1.29, 1.82) is 0 Å². The number of benzene rings is 1. The topological polar surface area (TPSA) is 53.2 Å². The van der Waals surface area contributed by atoms with Crippen molar-refractivity contribution in [2.75, 3.05) is 11.9 Å². The summed E-state index contributed by atoms with van der Waals surface area (Å²) in [5, 5.41) is 9.34. The van der Waals surface area contributed by atoms with Crippen LogP contribution in [0.4, 0.5) is 10.5 Å². The van der Waals surface area contributed by atoms with Crippen LogP contribution in [0.25, 0.3) is 0 Å². The van der Waals surface area contributed by atoms with Crippen molar-refractivity contribution in [2.24, 2.45) is 0 Å². The molecule has 1 saturated carbocycles. The van der Waals surface area contributed by atoms with Gasteiger partial charge in [0, 0.05) is 18.3 Å². The van der Waals surface area contributed by atoms with Crippen LogP contribution in [0.15, 0.2) is 24.3 Å². The number of urea groups is 1. The molecule has 0 saturated heterocycles. The monoisotopic (exact) mass is 289 g/mol. The lowest BCUT2D eigenvalue weighted by Gasteiger charge is -2.22. The van der Waals surface area contributed by atoms with Gasteiger partial charge in [0.05, 0.1) is 0 Å². The zero-order valence-electron chi connectivity index (χ0n) is 13.0. The molecule has 0 radical (unpaired) electrons. The lowest BCUT2D eigenvalue weighted by molar-refractivity contribution is 0.244. The maximum atomic E-state index is 11.9. The van der Waals surface area contributed by atoms with E-state index in [2.05, 4.69) is 35.0 Å². The third-order valence-corrected chi connectivity index (χ3v) is 3.91. The zero-order valence-corrected chi connectivity index (χ0v) is 13.0. The second-order valence-corrected chi connectivity index (χ2v) is 5.81.